The number of aromatic nitrogens is 4. The number of nitriles is 2. The van der Waals surface area contributed by atoms with Gasteiger partial charge in [-0.3, -0.25) is 9.59 Å². The molecule has 0 aromatic carbocycles. The Hall–Kier alpha value is -3.70. The first kappa shape index (κ1) is 20.6. The molecule has 0 saturated carbocycles. The lowest BCUT2D eigenvalue weighted by molar-refractivity contribution is -0.0426. The van der Waals surface area contributed by atoms with Gasteiger partial charge in [0.15, 0.2) is 28.9 Å². The van der Waals surface area contributed by atoms with Gasteiger partial charge in [0.1, 0.15) is 12.1 Å². The Bertz CT molecular complexity index is 1010. The minimum atomic E-state index is -0.535. The van der Waals surface area contributed by atoms with E-state index >= 15 is 0 Å². The van der Waals surface area contributed by atoms with E-state index in [4.69, 9.17) is 24.7 Å². The molecule has 1 unspecified atom stereocenters. The average molecular weight is 386 g/mol. The smallest absolute Gasteiger partial charge is 0.290 e. The summed E-state index contributed by atoms with van der Waals surface area (Å²) in [5.74, 6) is 0.390. The Balaban J connectivity index is 0.000000221. The predicted molar refractivity (Wildman–Crippen MR) is 94.7 cm³/mol. The van der Waals surface area contributed by atoms with Gasteiger partial charge in [0.25, 0.3) is 11.1 Å². The van der Waals surface area contributed by atoms with E-state index in [9.17, 15) is 9.59 Å². The zero-order chi connectivity index (χ0) is 20.5. The molecule has 1 atom stereocenters. The van der Waals surface area contributed by atoms with Crippen molar-refractivity contribution in [3.63, 3.8) is 0 Å². The predicted octanol–water partition coefficient (Wildman–Crippen LogP) is 0.473. The zero-order valence-electron chi connectivity index (χ0n) is 15.3. The molecule has 0 amide bonds. The van der Waals surface area contributed by atoms with E-state index in [2.05, 4.69) is 15.3 Å². The molecule has 11 heteroatoms. The highest BCUT2D eigenvalue weighted by Gasteiger charge is 2.21. The van der Waals surface area contributed by atoms with Crippen LogP contribution >= 0.6 is 0 Å². The molecule has 2 aromatic heterocycles. The molecule has 11 nitrogen and oxygen atoms in total. The normalized spacial score (nSPS) is 15.4. The number of rotatable bonds is 3. The van der Waals surface area contributed by atoms with E-state index in [-0.39, 0.29) is 28.9 Å². The topological polar surface area (TPSA) is 156 Å². The summed E-state index contributed by atoms with van der Waals surface area (Å²) in [6, 6.07) is 3.55. The summed E-state index contributed by atoms with van der Waals surface area (Å²) >= 11 is 0. The maximum absolute atomic E-state index is 12.0. The Morgan fingerprint density at radius 2 is 1.82 bits per heavy atom. The van der Waals surface area contributed by atoms with Gasteiger partial charge < -0.3 is 14.2 Å². The van der Waals surface area contributed by atoms with Crippen LogP contribution in [0.15, 0.2) is 22.0 Å². The van der Waals surface area contributed by atoms with Crippen molar-refractivity contribution in [2.75, 3.05) is 20.8 Å². The number of methoxy groups -OCH3 is 2. The van der Waals surface area contributed by atoms with Gasteiger partial charge in [0.2, 0.25) is 0 Å². The molecule has 0 aliphatic carbocycles. The van der Waals surface area contributed by atoms with Gasteiger partial charge in [-0.25, -0.2) is 5.10 Å². The third kappa shape index (κ3) is 4.52. The highest BCUT2D eigenvalue weighted by Crippen LogP contribution is 2.21. The lowest BCUT2D eigenvalue weighted by Crippen LogP contribution is -2.32. The Labute approximate surface area is 159 Å². The second kappa shape index (κ2) is 9.85. The van der Waals surface area contributed by atoms with Gasteiger partial charge in [-0.05, 0) is 19.3 Å². The number of nitrogens with one attached hydrogen (secondary N) is 1. The first-order valence-corrected chi connectivity index (χ1v) is 8.26. The number of nitrogens with zero attached hydrogens (tertiary/aromatic N) is 5. The molecule has 3 rings (SSSR count). The van der Waals surface area contributed by atoms with Crippen molar-refractivity contribution in [2.45, 2.75) is 25.5 Å². The summed E-state index contributed by atoms with van der Waals surface area (Å²) < 4.78 is 16.3. The SMILES string of the molecule is COc1cn[nH]c(=O)c1C#N.COc1cnn(C2CCCCO2)c(=O)c1C#N. The van der Waals surface area contributed by atoms with E-state index in [1.165, 1.54) is 31.3 Å². The molecule has 0 spiro atoms. The van der Waals surface area contributed by atoms with Crippen molar-refractivity contribution in [1.82, 2.24) is 20.0 Å². The van der Waals surface area contributed by atoms with Crippen LogP contribution in [0.5, 0.6) is 11.5 Å². The number of aromatic amines is 1. The number of hydrogen-bond acceptors (Lipinski definition) is 9. The standard InChI is InChI=1S/C11H13N3O3.C6H5N3O2/c1-16-9-7-13-14(11(15)8(9)6-12)10-4-2-3-5-17-10;1-11-5-3-8-9-6(10)4(5)2-7/h7,10H,2-5H2,1H3;3H,1H3,(H,9,10). The first-order valence-electron chi connectivity index (χ1n) is 8.26. The fourth-order valence-electron chi connectivity index (χ4n) is 2.47. The molecule has 3 heterocycles. The van der Waals surface area contributed by atoms with Crippen LogP contribution in [0.25, 0.3) is 0 Å². The van der Waals surface area contributed by atoms with Gasteiger partial charge in [-0.2, -0.15) is 25.4 Å². The highest BCUT2D eigenvalue weighted by molar-refractivity contribution is 5.39. The Morgan fingerprint density at radius 3 is 2.36 bits per heavy atom. The summed E-state index contributed by atoms with van der Waals surface area (Å²) in [6.07, 6.45) is 5.01. The molecule has 1 N–H and O–H groups in total. The fraction of sp³-hybridized carbons (Fsp3) is 0.412. The number of H-pyrrole nitrogens is 1. The average Bonchev–Trinajstić information content (AvgIpc) is 2.74. The third-order valence-electron chi connectivity index (χ3n) is 3.88. The van der Waals surface area contributed by atoms with Gasteiger partial charge >= 0.3 is 0 Å². The van der Waals surface area contributed by atoms with Crippen LogP contribution < -0.4 is 20.6 Å². The molecule has 146 valence electrons. The highest BCUT2D eigenvalue weighted by atomic mass is 16.5. The van der Waals surface area contributed by atoms with Crippen LogP contribution in [0.3, 0.4) is 0 Å². The van der Waals surface area contributed by atoms with Crippen LogP contribution in [0.4, 0.5) is 0 Å². The number of ether oxygens (including phenoxy) is 3. The maximum Gasteiger partial charge on any atom is 0.290 e. The number of hydrogen-bond donors (Lipinski definition) is 1. The zero-order valence-corrected chi connectivity index (χ0v) is 15.3. The van der Waals surface area contributed by atoms with Crippen LogP contribution in [0.2, 0.25) is 0 Å². The fourth-order valence-corrected chi connectivity index (χ4v) is 2.47. The molecule has 0 bridgehead atoms. The molecular weight excluding hydrogens is 368 g/mol. The van der Waals surface area contributed by atoms with Crippen molar-refractivity contribution in [2.24, 2.45) is 0 Å². The minimum absolute atomic E-state index is 0.0309. The molecule has 2 aromatic rings. The molecule has 1 saturated heterocycles. The lowest BCUT2D eigenvalue weighted by atomic mass is 10.2. The Kier molecular flexibility index (Phi) is 7.25. The molecule has 1 aliphatic rings. The van der Waals surface area contributed by atoms with Crippen LogP contribution in [0.1, 0.15) is 36.6 Å². The van der Waals surface area contributed by atoms with Crippen molar-refractivity contribution in [3.8, 4) is 23.6 Å². The van der Waals surface area contributed by atoms with E-state index in [1.807, 2.05) is 6.07 Å². The molecular formula is C17H18N6O5. The second-order valence-corrected chi connectivity index (χ2v) is 5.52. The van der Waals surface area contributed by atoms with Crippen molar-refractivity contribution in [1.29, 1.82) is 10.5 Å². The van der Waals surface area contributed by atoms with Crippen molar-refractivity contribution in [3.05, 3.63) is 44.2 Å². The van der Waals surface area contributed by atoms with E-state index in [1.54, 1.807) is 6.07 Å². The Morgan fingerprint density at radius 1 is 1.14 bits per heavy atom. The van der Waals surface area contributed by atoms with E-state index < -0.39 is 11.1 Å². The summed E-state index contributed by atoms with van der Waals surface area (Å²) in [7, 11) is 2.77. The summed E-state index contributed by atoms with van der Waals surface area (Å²) in [6.45, 7) is 0.618. The maximum atomic E-state index is 12.0. The lowest BCUT2D eigenvalue weighted by Gasteiger charge is -2.23. The van der Waals surface area contributed by atoms with Crippen molar-refractivity contribution < 1.29 is 14.2 Å². The third-order valence-corrected chi connectivity index (χ3v) is 3.88. The minimum Gasteiger partial charge on any atom is -0.493 e. The van der Waals surface area contributed by atoms with Gasteiger partial charge in [-0.15, -0.1) is 0 Å². The summed E-state index contributed by atoms with van der Waals surface area (Å²) in [5.41, 5.74) is -1.08. The van der Waals surface area contributed by atoms with E-state index in [0.29, 0.717) is 6.61 Å². The molecule has 1 fully saturated rings. The molecule has 1 aliphatic heterocycles. The van der Waals surface area contributed by atoms with Gasteiger partial charge in [-0.1, -0.05) is 0 Å². The summed E-state index contributed by atoms with van der Waals surface area (Å²) in [5, 5.41) is 26.9. The van der Waals surface area contributed by atoms with Gasteiger partial charge in [0, 0.05) is 6.61 Å². The molecule has 0 radical (unpaired) electrons. The van der Waals surface area contributed by atoms with Gasteiger partial charge in [0.05, 0.1) is 26.6 Å². The van der Waals surface area contributed by atoms with Crippen LogP contribution in [0, 0.1) is 22.7 Å². The second-order valence-electron chi connectivity index (χ2n) is 5.52. The first-order chi connectivity index (χ1) is 13.6. The van der Waals surface area contributed by atoms with Crippen LogP contribution in [-0.2, 0) is 4.74 Å². The molecule has 28 heavy (non-hydrogen) atoms. The quantitative estimate of drug-likeness (QED) is 0.792. The van der Waals surface area contributed by atoms with E-state index in [0.717, 1.165) is 19.3 Å². The summed E-state index contributed by atoms with van der Waals surface area (Å²) in [4.78, 5) is 22.8. The van der Waals surface area contributed by atoms with Crippen molar-refractivity contribution >= 4 is 0 Å². The monoisotopic (exact) mass is 386 g/mol. The largest absolute Gasteiger partial charge is 0.493 e. The van der Waals surface area contributed by atoms with Crippen LogP contribution in [-0.4, -0.2) is 40.8 Å².